The lowest BCUT2D eigenvalue weighted by atomic mass is 10.0. The molecule has 0 aromatic heterocycles. The van der Waals surface area contributed by atoms with Gasteiger partial charge in [0.15, 0.2) is 6.10 Å². The summed E-state index contributed by atoms with van der Waals surface area (Å²) in [5.74, 6) is -1.24. The summed E-state index contributed by atoms with van der Waals surface area (Å²) in [6, 6.07) is 16.5. The van der Waals surface area contributed by atoms with Gasteiger partial charge in [-0.3, -0.25) is 0 Å². The zero-order valence-corrected chi connectivity index (χ0v) is 9.08. The molecule has 0 bridgehead atoms. The third-order valence-corrected chi connectivity index (χ3v) is 2.54. The van der Waals surface area contributed by atoms with Gasteiger partial charge in [0.2, 0.25) is 0 Å². The van der Waals surface area contributed by atoms with Crippen LogP contribution >= 0.6 is 0 Å². The lowest BCUT2D eigenvalue weighted by Crippen LogP contribution is -2.10. The van der Waals surface area contributed by atoms with E-state index in [1.54, 1.807) is 18.2 Å². The van der Waals surface area contributed by atoms with Crippen LogP contribution in [0.5, 0.6) is 0 Å². The highest BCUT2D eigenvalue weighted by Crippen LogP contribution is 2.23. The molecule has 0 unspecified atom stereocenters. The second-order valence-electron chi connectivity index (χ2n) is 3.73. The van der Waals surface area contributed by atoms with Crippen molar-refractivity contribution in [2.45, 2.75) is 6.10 Å². The summed E-state index contributed by atoms with van der Waals surface area (Å²) in [4.78, 5) is 10.7. The van der Waals surface area contributed by atoms with Crippen LogP contribution in [0.2, 0.25) is 0 Å². The van der Waals surface area contributed by atoms with Gasteiger partial charge in [-0.1, -0.05) is 48.5 Å². The van der Waals surface area contributed by atoms with E-state index in [0.717, 1.165) is 11.1 Å². The Kier molecular flexibility index (Phi) is 3.21. The topological polar surface area (TPSA) is 57.5 Å². The second kappa shape index (κ2) is 4.80. The third kappa shape index (κ3) is 2.52. The summed E-state index contributed by atoms with van der Waals surface area (Å²) in [5.41, 5.74) is 2.27. The molecule has 0 aliphatic heterocycles. The number of carbonyl (C=O) groups is 1. The molecular formula is C14H12O3. The summed E-state index contributed by atoms with van der Waals surface area (Å²) in [7, 11) is 0. The number of hydrogen-bond donors (Lipinski definition) is 2. The maximum atomic E-state index is 10.7. The molecule has 0 fully saturated rings. The molecule has 0 spiro atoms. The number of carboxylic acid groups (broad SMARTS) is 1. The Balaban J connectivity index is 2.39. The van der Waals surface area contributed by atoms with Crippen LogP contribution in [0.25, 0.3) is 11.1 Å². The second-order valence-corrected chi connectivity index (χ2v) is 3.73. The summed E-state index contributed by atoms with van der Waals surface area (Å²) in [6.45, 7) is 0. The van der Waals surface area contributed by atoms with Gasteiger partial charge in [-0.2, -0.15) is 0 Å². The molecule has 0 heterocycles. The van der Waals surface area contributed by atoms with Crippen molar-refractivity contribution >= 4 is 5.97 Å². The molecule has 86 valence electrons. The van der Waals surface area contributed by atoms with E-state index in [-0.39, 0.29) is 0 Å². The molecule has 3 heteroatoms. The van der Waals surface area contributed by atoms with E-state index in [9.17, 15) is 9.90 Å². The zero-order chi connectivity index (χ0) is 12.3. The van der Waals surface area contributed by atoms with E-state index in [2.05, 4.69) is 0 Å². The van der Waals surface area contributed by atoms with Crippen LogP contribution in [0.15, 0.2) is 54.6 Å². The molecule has 2 aromatic rings. The first kappa shape index (κ1) is 11.4. The largest absolute Gasteiger partial charge is 0.479 e. The SMILES string of the molecule is O=C(O)[C@H](O)c1cccc(-c2ccccc2)c1. The zero-order valence-electron chi connectivity index (χ0n) is 9.08. The van der Waals surface area contributed by atoms with E-state index < -0.39 is 12.1 Å². The molecule has 0 saturated heterocycles. The fourth-order valence-corrected chi connectivity index (χ4v) is 1.66. The quantitative estimate of drug-likeness (QED) is 0.848. The molecule has 0 saturated carbocycles. The van der Waals surface area contributed by atoms with Gasteiger partial charge in [0.25, 0.3) is 0 Å². The van der Waals surface area contributed by atoms with E-state index >= 15 is 0 Å². The summed E-state index contributed by atoms with van der Waals surface area (Å²) < 4.78 is 0. The first-order chi connectivity index (χ1) is 8.18. The summed E-state index contributed by atoms with van der Waals surface area (Å²) in [5, 5.41) is 18.2. The molecule has 17 heavy (non-hydrogen) atoms. The van der Waals surface area contributed by atoms with Gasteiger partial charge in [0.05, 0.1) is 0 Å². The molecule has 0 aliphatic rings. The minimum absolute atomic E-state index is 0.388. The van der Waals surface area contributed by atoms with E-state index in [4.69, 9.17) is 5.11 Å². The van der Waals surface area contributed by atoms with Crippen LogP contribution < -0.4 is 0 Å². The first-order valence-electron chi connectivity index (χ1n) is 5.25. The van der Waals surface area contributed by atoms with Crippen molar-refractivity contribution in [2.24, 2.45) is 0 Å². The van der Waals surface area contributed by atoms with Crippen LogP contribution in [-0.2, 0) is 4.79 Å². The first-order valence-corrected chi connectivity index (χ1v) is 5.25. The highest BCUT2D eigenvalue weighted by Gasteiger charge is 2.15. The Bertz CT molecular complexity index is 520. The van der Waals surface area contributed by atoms with Crippen molar-refractivity contribution in [2.75, 3.05) is 0 Å². The number of benzene rings is 2. The lowest BCUT2D eigenvalue weighted by molar-refractivity contribution is -0.146. The Morgan fingerprint density at radius 3 is 2.24 bits per heavy atom. The molecular weight excluding hydrogens is 216 g/mol. The van der Waals surface area contributed by atoms with Gasteiger partial charge < -0.3 is 10.2 Å². The van der Waals surface area contributed by atoms with Gasteiger partial charge in [-0.15, -0.1) is 0 Å². The number of carboxylic acids is 1. The highest BCUT2D eigenvalue weighted by atomic mass is 16.4. The predicted octanol–water partition coefficient (Wildman–Crippen LogP) is 2.47. The van der Waals surface area contributed by atoms with Crippen LogP contribution in [0, 0.1) is 0 Å². The van der Waals surface area contributed by atoms with Gasteiger partial charge >= 0.3 is 5.97 Å². The average molecular weight is 228 g/mol. The van der Waals surface area contributed by atoms with Gasteiger partial charge in [0.1, 0.15) is 0 Å². The predicted molar refractivity (Wildman–Crippen MR) is 64.5 cm³/mol. The Morgan fingerprint density at radius 2 is 1.59 bits per heavy atom. The van der Waals surface area contributed by atoms with Crippen molar-refractivity contribution in [3.05, 3.63) is 60.2 Å². The summed E-state index contributed by atoms with van der Waals surface area (Å²) in [6.07, 6.45) is -1.47. The number of rotatable bonds is 3. The van der Waals surface area contributed by atoms with Crippen molar-refractivity contribution in [3.63, 3.8) is 0 Å². The van der Waals surface area contributed by atoms with E-state index in [1.807, 2.05) is 36.4 Å². The average Bonchev–Trinajstić information content (AvgIpc) is 2.39. The molecule has 1 atom stereocenters. The maximum Gasteiger partial charge on any atom is 0.337 e. The summed E-state index contributed by atoms with van der Waals surface area (Å²) >= 11 is 0. The number of aliphatic hydroxyl groups excluding tert-OH is 1. The monoisotopic (exact) mass is 228 g/mol. The molecule has 2 aromatic carbocycles. The van der Waals surface area contributed by atoms with E-state index in [1.165, 1.54) is 0 Å². The van der Waals surface area contributed by atoms with E-state index in [0.29, 0.717) is 5.56 Å². The lowest BCUT2D eigenvalue weighted by Gasteiger charge is -2.08. The number of aliphatic hydroxyl groups is 1. The molecule has 2 rings (SSSR count). The van der Waals surface area contributed by atoms with Crippen molar-refractivity contribution < 1.29 is 15.0 Å². The molecule has 0 radical (unpaired) electrons. The number of hydrogen-bond acceptors (Lipinski definition) is 2. The van der Waals surface area contributed by atoms with Crippen molar-refractivity contribution in [1.29, 1.82) is 0 Å². The van der Waals surface area contributed by atoms with Crippen molar-refractivity contribution in [3.8, 4) is 11.1 Å². The van der Waals surface area contributed by atoms with Gasteiger partial charge in [-0.05, 0) is 22.8 Å². The minimum Gasteiger partial charge on any atom is -0.479 e. The van der Waals surface area contributed by atoms with Crippen LogP contribution in [-0.4, -0.2) is 16.2 Å². The Hall–Kier alpha value is -2.13. The fourth-order valence-electron chi connectivity index (χ4n) is 1.66. The Morgan fingerprint density at radius 1 is 0.941 bits per heavy atom. The molecule has 2 N–H and O–H groups in total. The molecule has 0 aliphatic carbocycles. The normalized spacial score (nSPS) is 12.1. The number of aliphatic carboxylic acids is 1. The Labute approximate surface area is 99.0 Å². The maximum absolute atomic E-state index is 10.7. The van der Waals surface area contributed by atoms with Crippen molar-refractivity contribution in [1.82, 2.24) is 0 Å². The smallest absolute Gasteiger partial charge is 0.337 e. The minimum atomic E-state index is -1.47. The molecule has 3 nitrogen and oxygen atoms in total. The van der Waals surface area contributed by atoms with Crippen LogP contribution in [0.1, 0.15) is 11.7 Å². The van der Waals surface area contributed by atoms with Crippen LogP contribution in [0.4, 0.5) is 0 Å². The highest BCUT2D eigenvalue weighted by molar-refractivity contribution is 5.75. The van der Waals surface area contributed by atoms with Crippen LogP contribution in [0.3, 0.4) is 0 Å². The standard InChI is InChI=1S/C14H12O3/c15-13(14(16)17)12-8-4-7-11(9-12)10-5-2-1-3-6-10/h1-9,13,15H,(H,16,17)/t13-/m1/s1. The van der Waals surface area contributed by atoms with Gasteiger partial charge in [0, 0.05) is 0 Å². The fraction of sp³-hybridized carbons (Fsp3) is 0.0714. The third-order valence-electron chi connectivity index (χ3n) is 2.54. The molecule has 0 amide bonds. The van der Waals surface area contributed by atoms with Gasteiger partial charge in [-0.25, -0.2) is 4.79 Å².